The first-order chi connectivity index (χ1) is 12.9. The van der Waals surface area contributed by atoms with Gasteiger partial charge in [-0.15, -0.1) is 0 Å². The van der Waals surface area contributed by atoms with Gasteiger partial charge in [0, 0.05) is 6.92 Å². The summed E-state index contributed by atoms with van der Waals surface area (Å²) in [4.78, 5) is 9.00. The van der Waals surface area contributed by atoms with Crippen LogP contribution in [0, 0.1) is 0 Å². The Morgan fingerprint density at radius 3 is 1.07 bits per heavy atom. The zero-order valence-corrected chi connectivity index (χ0v) is 19.5. The second-order valence-corrected chi connectivity index (χ2v) is 8.85. The van der Waals surface area contributed by atoms with Crippen LogP contribution in [0.4, 0.5) is 0 Å². The van der Waals surface area contributed by atoms with Crippen molar-refractivity contribution in [1.82, 2.24) is 0 Å². The van der Waals surface area contributed by atoms with Gasteiger partial charge in [-0.2, -0.15) is 0 Å². The van der Waals surface area contributed by atoms with Crippen LogP contribution in [0.15, 0.2) is 0 Å². The van der Waals surface area contributed by atoms with Gasteiger partial charge in [0.15, 0.2) is 0 Å². The Kier molecular flexibility index (Phi) is 23.0. The molecule has 0 amide bonds. The van der Waals surface area contributed by atoms with Crippen molar-refractivity contribution in [3.63, 3.8) is 0 Å². The highest BCUT2D eigenvalue weighted by molar-refractivity contribution is 5.62. The van der Waals surface area contributed by atoms with Crippen LogP contribution in [0.1, 0.15) is 124 Å². The summed E-state index contributed by atoms with van der Waals surface area (Å²) in [7, 11) is 4.87. The van der Waals surface area contributed by atoms with Crippen molar-refractivity contribution < 1.29 is 14.4 Å². The van der Waals surface area contributed by atoms with Gasteiger partial charge >= 0.3 is 0 Å². The summed E-state index contributed by atoms with van der Waals surface area (Å²) in [6, 6.07) is 0. The number of aliphatic carboxylic acids is 1. The Bertz CT molecular complexity index is 277. The van der Waals surface area contributed by atoms with Gasteiger partial charge in [0.1, 0.15) is 0 Å². The number of quaternary nitrogens is 1. The molecule has 0 rings (SSSR count). The average Bonchev–Trinajstić information content (AvgIpc) is 2.59. The molecule has 3 nitrogen and oxygen atoms in total. The average molecular weight is 387 g/mol. The van der Waals surface area contributed by atoms with E-state index in [9.17, 15) is 0 Å². The maximum atomic E-state index is 9.00. The highest BCUT2D eigenvalue weighted by Gasteiger charge is 2.13. The van der Waals surface area contributed by atoms with E-state index < -0.39 is 5.97 Å². The molecule has 0 aromatic carbocycles. The van der Waals surface area contributed by atoms with Gasteiger partial charge in [0.2, 0.25) is 0 Å². The predicted octanol–water partition coefficient (Wildman–Crippen LogP) is 7.44. The van der Waals surface area contributed by atoms with Crippen molar-refractivity contribution in [2.45, 2.75) is 124 Å². The molecule has 0 radical (unpaired) electrons. The predicted molar refractivity (Wildman–Crippen MR) is 120 cm³/mol. The van der Waals surface area contributed by atoms with Crippen LogP contribution < -0.4 is 0 Å². The standard InChI is InChI=1S/C22H48N.C2H4O2/c1-5-7-9-11-13-15-17-19-21-23(3,4)22-20-18-16-14-12-10-8-6-2;1-2(3)4/h5-22H2,1-4H3;1H3,(H,3,4)/q+1;. The van der Waals surface area contributed by atoms with Crippen molar-refractivity contribution in [3.8, 4) is 0 Å². The Balaban J connectivity index is 0. The van der Waals surface area contributed by atoms with Crippen molar-refractivity contribution in [3.05, 3.63) is 0 Å². The van der Waals surface area contributed by atoms with Gasteiger partial charge in [-0.1, -0.05) is 90.9 Å². The minimum absolute atomic E-state index is 0.833. The molecule has 1 N–H and O–H groups in total. The molecular weight excluding hydrogens is 334 g/mol. The largest absolute Gasteiger partial charge is 0.481 e. The van der Waals surface area contributed by atoms with Crippen LogP contribution in [0.25, 0.3) is 0 Å². The number of hydrogen-bond donors (Lipinski definition) is 1. The van der Waals surface area contributed by atoms with Gasteiger partial charge in [-0.3, -0.25) is 4.79 Å². The fourth-order valence-corrected chi connectivity index (χ4v) is 3.46. The molecule has 0 aromatic heterocycles. The summed E-state index contributed by atoms with van der Waals surface area (Å²) in [5.74, 6) is -0.833. The minimum atomic E-state index is -0.833. The summed E-state index contributed by atoms with van der Waals surface area (Å²) in [5.41, 5.74) is 0. The maximum Gasteiger partial charge on any atom is 0.300 e. The number of hydrogen-bond acceptors (Lipinski definition) is 1. The number of nitrogens with zero attached hydrogens (tertiary/aromatic N) is 1. The number of carboxylic acid groups (broad SMARTS) is 1. The van der Waals surface area contributed by atoms with Crippen LogP contribution >= 0.6 is 0 Å². The first-order valence-electron chi connectivity index (χ1n) is 11.9. The molecule has 3 heteroatoms. The van der Waals surface area contributed by atoms with Crippen molar-refractivity contribution in [2.24, 2.45) is 0 Å². The summed E-state index contributed by atoms with van der Waals surface area (Å²) in [6.07, 6.45) is 23.0. The zero-order valence-electron chi connectivity index (χ0n) is 19.5. The molecule has 0 saturated heterocycles. The van der Waals surface area contributed by atoms with Gasteiger partial charge in [0.05, 0.1) is 27.2 Å². The Morgan fingerprint density at radius 2 is 0.815 bits per heavy atom. The molecule has 0 aliphatic rings. The first-order valence-corrected chi connectivity index (χ1v) is 11.9. The number of unbranched alkanes of at least 4 members (excludes halogenated alkanes) is 14. The van der Waals surface area contributed by atoms with E-state index in [-0.39, 0.29) is 0 Å². The lowest BCUT2D eigenvalue weighted by Crippen LogP contribution is -2.41. The van der Waals surface area contributed by atoms with E-state index in [2.05, 4.69) is 27.9 Å². The lowest BCUT2D eigenvalue weighted by molar-refractivity contribution is -0.890. The van der Waals surface area contributed by atoms with Gasteiger partial charge < -0.3 is 9.59 Å². The SMILES string of the molecule is CC(=O)O.CCCCCCCCCC[N+](C)(C)CCCCCCCCCC. The fourth-order valence-electron chi connectivity index (χ4n) is 3.46. The second-order valence-electron chi connectivity index (χ2n) is 8.85. The lowest BCUT2D eigenvalue weighted by Gasteiger charge is -2.30. The normalized spacial score (nSPS) is 11.1. The number of carboxylic acids is 1. The molecule has 0 aliphatic carbocycles. The van der Waals surface area contributed by atoms with E-state index in [1.165, 1.54) is 120 Å². The van der Waals surface area contributed by atoms with Gasteiger partial charge in [0.25, 0.3) is 5.97 Å². The molecule has 0 spiro atoms. The lowest BCUT2D eigenvalue weighted by atomic mass is 10.1. The van der Waals surface area contributed by atoms with Crippen LogP contribution in [0.3, 0.4) is 0 Å². The van der Waals surface area contributed by atoms with Gasteiger partial charge in [-0.05, 0) is 25.7 Å². The van der Waals surface area contributed by atoms with Crippen LogP contribution in [0.2, 0.25) is 0 Å². The van der Waals surface area contributed by atoms with Crippen LogP contribution in [0.5, 0.6) is 0 Å². The Morgan fingerprint density at radius 1 is 0.593 bits per heavy atom. The number of carbonyl (C=O) groups is 1. The molecule has 0 bridgehead atoms. The van der Waals surface area contributed by atoms with Crippen LogP contribution in [-0.2, 0) is 4.79 Å². The first kappa shape index (κ1) is 28.6. The molecule has 0 heterocycles. The summed E-state index contributed by atoms with van der Waals surface area (Å²) >= 11 is 0. The fraction of sp³-hybridized carbons (Fsp3) is 0.958. The summed E-state index contributed by atoms with van der Waals surface area (Å²) in [6.45, 7) is 8.44. The third-order valence-corrected chi connectivity index (χ3v) is 5.23. The molecule has 0 aliphatic heterocycles. The van der Waals surface area contributed by atoms with E-state index in [0.29, 0.717) is 0 Å². The summed E-state index contributed by atoms with van der Waals surface area (Å²) < 4.78 is 1.24. The maximum absolute atomic E-state index is 9.00. The van der Waals surface area contributed by atoms with Crippen molar-refractivity contribution in [1.29, 1.82) is 0 Å². The molecule has 27 heavy (non-hydrogen) atoms. The van der Waals surface area contributed by atoms with Crippen LogP contribution in [-0.4, -0.2) is 42.7 Å². The third-order valence-electron chi connectivity index (χ3n) is 5.23. The molecule has 0 unspecified atom stereocenters. The topological polar surface area (TPSA) is 37.3 Å². The molecule has 164 valence electrons. The highest BCUT2D eigenvalue weighted by atomic mass is 16.4. The summed E-state index contributed by atoms with van der Waals surface area (Å²) in [5, 5.41) is 7.42. The molecule has 0 atom stereocenters. The zero-order chi connectivity index (χ0) is 20.8. The minimum Gasteiger partial charge on any atom is -0.481 e. The second kappa shape index (κ2) is 21.7. The van der Waals surface area contributed by atoms with E-state index in [1.54, 1.807) is 0 Å². The monoisotopic (exact) mass is 386 g/mol. The number of rotatable bonds is 18. The Labute approximate surface area is 171 Å². The van der Waals surface area contributed by atoms with Gasteiger partial charge in [-0.25, -0.2) is 0 Å². The molecule has 0 aromatic rings. The van der Waals surface area contributed by atoms with Crippen molar-refractivity contribution >= 4 is 5.97 Å². The molecular formula is C24H52NO2+. The molecule has 0 fully saturated rings. The Hall–Kier alpha value is -0.570. The van der Waals surface area contributed by atoms with E-state index in [4.69, 9.17) is 9.90 Å². The quantitative estimate of drug-likeness (QED) is 0.196. The van der Waals surface area contributed by atoms with E-state index in [0.717, 1.165) is 6.92 Å². The van der Waals surface area contributed by atoms with Crippen molar-refractivity contribution in [2.75, 3.05) is 27.2 Å². The smallest absolute Gasteiger partial charge is 0.300 e. The van der Waals surface area contributed by atoms with E-state index in [1.807, 2.05) is 0 Å². The molecule has 0 saturated carbocycles. The van der Waals surface area contributed by atoms with E-state index >= 15 is 0 Å². The third kappa shape index (κ3) is 30.4. The highest BCUT2D eigenvalue weighted by Crippen LogP contribution is 2.13.